The fourth-order valence-corrected chi connectivity index (χ4v) is 3.53. The number of carbonyl (C=O) groups is 4. The lowest BCUT2D eigenvalue weighted by molar-refractivity contribution is -0.125. The summed E-state index contributed by atoms with van der Waals surface area (Å²) < 4.78 is 32.0. The largest absolute Gasteiger partial charge is 0.459 e. The molecule has 0 bridgehead atoms. The lowest BCUT2D eigenvalue weighted by Gasteiger charge is -2.27. The Kier molecular flexibility index (Phi) is 7.59. The van der Waals surface area contributed by atoms with Gasteiger partial charge < -0.3 is 31.0 Å². The summed E-state index contributed by atoms with van der Waals surface area (Å²) >= 11 is 0. The third-order valence-corrected chi connectivity index (χ3v) is 5.05. The van der Waals surface area contributed by atoms with E-state index in [0.29, 0.717) is 12.5 Å². The molecule has 10 nitrogen and oxygen atoms in total. The molecule has 1 fully saturated rings. The molecule has 5 N–H and O–H groups in total. The molecule has 1 aliphatic heterocycles. The molecule has 12 heteroatoms. The fourth-order valence-electron chi connectivity index (χ4n) is 3.53. The molecule has 5 amide bonds. The van der Waals surface area contributed by atoms with Crippen molar-refractivity contribution in [2.45, 2.75) is 31.3 Å². The Balaban J connectivity index is 1.71. The predicted octanol–water partition coefficient (Wildman–Crippen LogP) is 1.34. The van der Waals surface area contributed by atoms with Gasteiger partial charge in [-0.1, -0.05) is 0 Å². The van der Waals surface area contributed by atoms with Crippen LogP contribution in [0, 0.1) is 11.6 Å². The molecule has 1 aliphatic rings. The van der Waals surface area contributed by atoms with Crippen molar-refractivity contribution in [2.24, 2.45) is 5.73 Å². The SMILES string of the molecule is NC(=O)CCCNC(=O)[C@@H]1[C@@H](NC(=O)Nc2ccc(F)cc2F)CCN1C(=O)c1ccco1. The van der Waals surface area contributed by atoms with Crippen molar-refractivity contribution >= 4 is 29.4 Å². The minimum Gasteiger partial charge on any atom is -0.459 e. The number of halogens is 2. The maximum atomic E-state index is 13.8. The molecule has 0 spiro atoms. The van der Waals surface area contributed by atoms with Gasteiger partial charge in [-0.2, -0.15) is 0 Å². The number of hydrogen-bond donors (Lipinski definition) is 4. The number of amides is 5. The van der Waals surface area contributed by atoms with Gasteiger partial charge >= 0.3 is 6.03 Å². The third kappa shape index (κ3) is 6.05. The van der Waals surface area contributed by atoms with Crippen LogP contribution in [0.25, 0.3) is 0 Å². The van der Waals surface area contributed by atoms with E-state index in [-0.39, 0.29) is 37.4 Å². The molecule has 33 heavy (non-hydrogen) atoms. The first kappa shape index (κ1) is 23.7. The Morgan fingerprint density at radius 1 is 1.18 bits per heavy atom. The summed E-state index contributed by atoms with van der Waals surface area (Å²) in [5.41, 5.74) is 4.84. The van der Waals surface area contributed by atoms with Crippen molar-refractivity contribution in [1.29, 1.82) is 0 Å². The molecule has 176 valence electrons. The van der Waals surface area contributed by atoms with Crippen LogP contribution >= 0.6 is 0 Å². The van der Waals surface area contributed by atoms with Gasteiger partial charge in [0.15, 0.2) is 5.76 Å². The highest BCUT2D eigenvalue weighted by atomic mass is 19.1. The summed E-state index contributed by atoms with van der Waals surface area (Å²) in [5, 5.41) is 7.47. The van der Waals surface area contributed by atoms with Gasteiger partial charge in [-0.15, -0.1) is 0 Å². The van der Waals surface area contributed by atoms with Gasteiger partial charge in [-0.05, 0) is 37.1 Å². The molecule has 2 heterocycles. The first-order valence-electron chi connectivity index (χ1n) is 10.2. The van der Waals surface area contributed by atoms with Gasteiger partial charge in [0.1, 0.15) is 17.7 Å². The van der Waals surface area contributed by atoms with E-state index >= 15 is 0 Å². The summed E-state index contributed by atoms with van der Waals surface area (Å²) in [6.45, 7) is 0.287. The average molecular weight is 463 g/mol. The Hall–Kier alpha value is -3.96. The number of nitrogens with two attached hydrogens (primary N) is 1. The predicted molar refractivity (Wildman–Crippen MR) is 112 cm³/mol. The molecule has 0 unspecified atom stereocenters. The Morgan fingerprint density at radius 3 is 2.64 bits per heavy atom. The Labute approximate surface area is 187 Å². The van der Waals surface area contributed by atoms with Crippen LogP contribution in [-0.2, 0) is 9.59 Å². The lowest BCUT2D eigenvalue weighted by Crippen LogP contribution is -2.55. The second-order valence-corrected chi connectivity index (χ2v) is 7.40. The first-order valence-corrected chi connectivity index (χ1v) is 10.2. The zero-order chi connectivity index (χ0) is 24.0. The van der Waals surface area contributed by atoms with Crippen LogP contribution in [0.2, 0.25) is 0 Å². The number of benzene rings is 1. The van der Waals surface area contributed by atoms with E-state index in [1.54, 1.807) is 0 Å². The molecule has 2 aromatic rings. The van der Waals surface area contributed by atoms with Crippen molar-refractivity contribution in [3.8, 4) is 0 Å². The number of nitrogens with one attached hydrogen (secondary N) is 3. The number of anilines is 1. The van der Waals surface area contributed by atoms with Gasteiger partial charge in [0, 0.05) is 25.6 Å². The molecule has 0 radical (unpaired) electrons. The summed E-state index contributed by atoms with van der Waals surface area (Å²) in [5.74, 6) is -3.32. The molecular formula is C21H23F2N5O5. The van der Waals surface area contributed by atoms with E-state index in [9.17, 15) is 28.0 Å². The number of primary amides is 1. The van der Waals surface area contributed by atoms with E-state index in [2.05, 4.69) is 16.0 Å². The summed E-state index contributed by atoms with van der Waals surface area (Å²) in [4.78, 5) is 50.3. The van der Waals surface area contributed by atoms with Crippen LogP contribution in [0.1, 0.15) is 29.8 Å². The highest BCUT2D eigenvalue weighted by molar-refractivity contribution is 5.97. The molecule has 2 atom stereocenters. The standard InChI is InChI=1S/C21H23F2N5O5/c22-12-5-6-14(13(23)11-12)26-21(32)27-15-7-9-28(20(31)16-3-2-10-33-16)18(15)19(30)25-8-1-4-17(24)29/h2-3,5-6,10-11,15,18H,1,4,7-9H2,(H2,24,29)(H,25,30)(H2,26,27,32)/t15-,18-/m0/s1. The Bertz CT molecular complexity index is 1030. The molecule has 0 saturated carbocycles. The van der Waals surface area contributed by atoms with Gasteiger partial charge in [0.25, 0.3) is 5.91 Å². The molecule has 0 aliphatic carbocycles. The van der Waals surface area contributed by atoms with Crippen molar-refractivity contribution in [3.05, 3.63) is 54.0 Å². The van der Waals surface area contributed by atoms with E-state index < -0.39 is 47.5 Å². The number of carbonyl (C=O) groups excluding carboxylic acids is 4. The normalized spacial score (nSPS) is 17.5. The zero-order valence-corrected chi connectivity index (χ0v) is 17.5. The number of rotatable bonds is 8. The highest BCUT2D eigenvalue weighted by Gasteiger charge is 2.43. The maximum absolute atomic E-state index is 13.8. The summed E-state index contributed by atoms with van der Waals surface area (Å²) in [7, 11) is 0. The third-order valence-electron chi connectivity index (χ3n) is 5.05. The minimum atomic E-state index is -1.08. The first-order chi connectivity index (χ1) is 15.8. The lowest BCUT2D eigenvalue weighted by atomic mass is 10.1. The van der Waals surface area contributed by atoms with Gasteiger partial charge in [0.2, 0.25) is 11.8 Å². The number of furan rings is 1. The van der Waals surface area contributed by atoms with Crippen LogP contribution in [0.4, 0.5) is 19.3 Å². The molecule has 1 aromatic carbocycles. The molecule has 3 rings (SSSR count). The van der Waals surface area contributed by atoms with Crippen molar-refractivity contribution in [3.63, 3.8) is 0 Å². The van der Waals surface area contributed by atoms with E-state index in [1.807, 2.05) is 0 Å². The van der Waals surface area contributed by atoms with Crippen molar-refractivity contribution < 1.29 is 32.4 Å². The van der Waals surface area contributed by atoms with Crippen molar-refractivity contribution in [1.82, 2.24) is 15.5 Å². The van der Waals surface area contributed by atoms with Gasteiger partial charge in [-0.3, -0.25) is 14.4 Å². The van der Waals surface area contributed by atoms with Crippen LogP contribution < -0.4 is 21.7 Å². The highest BCUT2D eigenvalue weighted by Crippen LogP contribution is 2.22. The summed E-state index contributed by atoms with van der Waals surface area (Å²) in [6, 6.07) is 2.94. The zero-order valence-electron chi connectivity index (χ0n) is 17.5. The van der Waals surface area contributed by atoms with Crippen LogP contribution in [0.5, 0.6) is 0 Å². The smallest absolute Gasteiger partial charge is 0.319 e. The number of likely N-dealkylation sites (tertiary alicyclic amines) is 1. The number of urea groups is 1. The van der Waals surface area contributed by atoms with Crippen LogP contribution in [-0.4, -0.2) is 53.8 Å². The quantitative estimate of drug-likeness (QED) is 0.437. The van der Waals surface area contributed by atoms with Crippen molar-refractivity contribution in [2.75, 3.05) is 18.4 Å². The monoisotopic (exact) mass is 463 g/mol. The van der Waals surface area contributed by atoms with E-state index in [1.165, 1.54) is 23.3 Å². The average Bonchev–Trinajstić information content (AvgIpc) is 3.43. The molecule has 1 saturated heterocycles. The van der Waals surface area contributed by atoms with E-state index in [4.69, 9.17) is 10.2 Å². The van der Waals surface area contributed by atoms with Crippen LogP contribution in [0.15, 0.2) is 41.0 Å². The second-order valence-electron chi connectivity index (χ2n) is 7.40. The second kappa shape index (κ2) is 10.6. The van der Waals surface area contributed by atoms with E-state index in [0.717, 1.165) is 12.1 Å². The minimum absolute atomic E-state index is 0.0278. The molecule has 1 aromatic heterocycles. The topological polar surface area (TPSA) is 147 Å². The Morgan fingerprint density at radius 2 is 1.97 bits per heavy atom. The van der Waals surface area contributed by atoms with Gasteiger partial charge in [0.05, 0.1) is 18.0 Å². The molecular weight excluding hydrogens is 440 g/mol. The van der Waals surface area contributed by atoms with Gasteiger partial charge in [-0.25, -0.2) is 13.6 Å². The number of hydrogen-bond acceptors (Lipinski definition) is 5. The fraction of sp³-hybridized carbons (Fsp3) is 0.333. The number of nitrogens with zero attached hydrogens (tertiary/aromatic N) is 1. The van der Waals surface area contributed by atoms with Crippen LogP contribution in [0.3, 0.4) is 0 Å². The summed E-state index contributed by atoms with van der Waals surface area (Å²) in [6.07, 6.45) is 1.95. The maximum Gasteiger partial charge on any atom is 0.319 e.